The van der Waals surface area contributed by atoms with Crippen LogP contribution in [0.5, 0.6) is 11.5 Å². The summed E-state index contributed by atoms with van der Waals surface area (Å²) in [7, 11) is 1.65. The number of benzene rings is 2. The van der Waals surface area contributed by atoms with E-state index < -0.39 is 0 Å². The van der Waals surface area contributed by atoms with Crippen LogP contribution in [0.2, 0.25) is 0 Å². The first-order valence-electron chi connectivity index (χ1n) is 9.59. The number of hydrogen-bond donors (Lipinski definition) is 1. The van der Waals surface area contributed by atoms with Gasteiger partial charge in [-0.15, -0.1) is 0 Å². The monoisotopic (exact) mass is 366 g/mol. The molecule has 2 heterocycles. The molecule has 0 bridgehead atoms. The molecule has 2 aromatic carbocycles. The van der Waals surface area contributed by atoms with Crippen LogP contribution in [0.25, 0.3) is 0 Å². The summed E-state index contributed by atoms with van der Waals surface area (Å²) < 4.78 is 11.0. The molecule has 1 N–H and O–H groups in total. The first kappa shape index (κ1) is 17.9. The van der Waals surface area contributed by atoms with Crippen LogP contribution in [-0.4, -0.2) is 44.2 Å². The van der Waals surface area contributed by atoms with E-state index in [9.17, 15) is 4.79 Å². The zero-order valence-corrected chi connectivity index (χ0v) is 15.7. The van der Waals surface area contributed by atoms with Gasteiger partial charge in [0.05, 0.1) is 13.0 Å². The Labute approximate surface area is 160 Å². The largest absolute Gasteiger partial charge is 0.497 e. The molecule has 4 rings (SSSR count). The second-order valence-electron chi connectivity index (χ2n) is 7.27. The van der Waals surface area contributed by atoms with Crippen LogP contribution in [0.3, 0.4) is 0 Å². The lowest BCUT2D eigenvalue weighted by atomic mass is 9.96. The van der Waals surface area contributed by atoms with Crippen molar-refractivity contribution >= 4 is 5.91 Å². The Morgan fingerprint density at radius 2 is 2.07 bits per heavy atom. The molecule has 2 aliphatic rings. The van der Waals surface area contributed by atoms with Gasteiger partial charge >= 0.3 is 0 Å². The van der Waals surface area contributed by atoms with Crippen LogP contribution in [0.4, 0.5) is 0 Å². The second-order valence-corrected chi connectivity index (χ2v) is 7.27. The molecule has 27 heavy (non-hydrogen) atoms. The van der Waals surface area contributed by atoms with Crippen molar-refractivity contribution in [3.05, 3.63) is 59.2 Å². The summed E-state index contributed by atoms with van der Waals surface area (Å²) in [6.45, 7) is 3.99. The average molecular weight is 366 g/mol. The summed E-state index contributed by atoms with van der Waals surface area (Å²) >= 11 is 0. The quantitative estimate of drug-likeness (QED) is 0.883. The average Bonchev–Trinajstić information content (AvgIpc) is 2.72. The fraction of sp³-hybridized carbons (Fsp3) is 0.409. The molecular formula is C22H26N2O3. The molecule has 0 saturated heterocycles. The molecule has 0 saturated carbocycles. The number of rotatable bonds is 5. The third kappa shape index (κ3) is 4.08. The van der Waals surface area contributed by atoms with Crippen LogP contribution in [0, 0.1) is 5.92 Å². The molecule has 2 aliphatic heterocycles. The second kappa shape index (κ2) is 8.01. The van der Waals surface area contributed by atoms with Crippen LogP contribution in [0.15, 0.2) is 42.5 Å². The number of hydrogen-bond acceptors (Lipinski definition) is 4. The molecule has 0 fully saturated rings. The lowest BCUT2D eigenvalue weighted by Gasteiger charge is -2.29. The number of nitrogens with zero attached hydrogens (tertiary/aromatic N) is 1. The van der Waals surface area contributed by atoms with Crippen molar-refractivity contribution in [3.8, 4) is 11.5 Å². The zero-order chi connectivity index (χ0) is 18.6. The lowest BCUT2D eigenvalue weighted by molar-refractivity contribution is -0.126. The van der Waals surface area contributed by atoms with Gasteiger partial charge in [0.15, 0.2) is 0 Å². The highest BCUT2D eigenvalue weighted by atomic mass is 16.5. The molecule has 0 unspecified atom stereocenters. The predicted octanol–water partition coefficient (Wildman–Crippen LogP) is 2.42. The van der Waals surface area contributed by atoms with E-state index in [1.54, 1.807) is 7.11 Å². The SMILES string of the molecule is COc1ccc2c(c1)C[C@H](C(=O)NCCN1CCc3ccccc3C1)CO2. The van der Waals surface area contributed by atoms with Crippen molar-refractivity contribution in [2.24, 2.45) is 5.92 Å². The Morgan fingerprint density at radius 3 is 2.93 bits per heavy atom. The van der Waals surface area contributed by atoms with Gasteiger partial charge in [-0.2, -0.15) is 0 Å². The fourth-order valence-corrected chi connectivity index (χ4v) is 3.89. The normalized spacial score (nSPS) is 18.8. The fourth-order valence-electron chi connectivity index (χ4n) is 3.89. The van der Waals surface area contributed by atoms with Crippen molar-refractivity contribution in [2.45, 2.75) is 19.4 Å². The molecule has 5 heteroatoms. The first-order valence-corrected chi connectivity index (χ1v) is 9.59. The summed E-state index contributed by atoms with van der Waals surface area (Å²) in [6, 6.07) is 14.4. The third-order valence-electron chi connectivity index (χ3n) is 5.48. The number of methoxy groups -OCH3 is 1. The highest BCUT2D eigenvalue weighted by molar-refractivity contribution is 5.79. The highest BCUT2D eigenvalue weighted by Crippen LogP contribution is 2.30. The molecular weight excluding hydrogens is 340 g/mol. The zero-order valence-electron chi connectivity index (χ0n) is 15.7. The summed E-state index contributed by atoms with van der Waals surface area (Å²) in [5.74, 6) is 1.57. The maximum atomic E-state index is 12.6. The van der Waals surface area contributed by atoms with Gasteiger partial charge in [0.2, 0.25) is 5.91 Å². The summed E-state index contributed by atoms with van der Waals surface area (Å²) in [5, 5.41) is 3.09. The van der Waals surface area contributed by atoms with E-state index in [4.69, 9.17) is 9.47 Å². The molecule has 0 aromatic heterocycles. The van der Waals surface area contributed by atoms with Crippen molar-refractivity contribution in [1.82, 2.24) is 10.2 Å². The van der Waals surface area contributed by atoms with E-state index >= 15 is 0 Å². The van der Waals surface area contributed by atoms with Gasteiger partial charge in [-0.3, -0.25) is 9.69 Å². The van der Waals surface area contributed by atoms with Gasteiger partial charge in [-0.25, -0.2) is 0 Å². The minimum atomic E-state index is -0.147. The number of nitrogens with one attached hydrogen (secondary N) is 1. The highest BCUT2D eigenvalue weighted by Gasteiger charge is 2.26. The van der Waals surface area contributed by atoms with Crippen molar-refractivity contribution in [2.75, 3.05) is 33.4 Å². The number of fused-ring (bicyclic) bond motifs is 2. The maximum absolute atomic E-state index is 12.6. The molecule has 2 aromatic rings. The van der Waals surface area contributed by atoms with Gasteiger partial charge in [0, 0.05) is 26.2 Å². The lowest BCUT2D eigenvalue weighted by Crippen LogP contribution is -2.42. The van der Waals surface area contributed by atoms with Gasteiger partial charge in [-0.05, 0) is 47.7 Å². The smallest absolute Gasteiger partial charge is 0.226 e. The van der Waals surface area contributed by atoms with Gasteiger partial charge in [0.25, 0.3) is 0 Å². The molecule has 0 aliphatic carbocycles. The Hall–Kier alpha value is -2.53. The summed E-state index contributed by atoms with van der Waals surface area (Å²) in [6.07, 6.45) is 1.77. The summed E-state index contributed by atoms with van der Waals surface area (Å²) in [5.41, 5.74) is 3.89. The topological polar surface area (TPSA) is 50.8 Å². The molecule has 5 nitrogen and oxygen atoms in total. The van der Waals surface area contributed by atoms with Gasteiger partial charge < -0.3 is 14.8 Å². The van der Waals surface area contributed by atoms with Gasteiger partial charge in [-0.1, -0.05) is 24.3 Å². The number of amides is 1. The minimum Gasteiger partial charge on any atom is -0.497 e. The van der Waals surface area contributed by atoms with Crippen molar-refractivity contribution in [3.63, 3.8) is 0 Å². The van der Waals surface area contributed by atoms with Crippen molar-refractivity contribution < 1.29 is 14.3 Å². The number of ether oxygens (including phenoxy) is 2. The van der Waals surface area contributed by atoms with E-state index in [1.165, 1.54) is 11.1 Å². The molecule has 0 spiro atoms. The van der Waals surface area contributed by atoms with E-state index in [-0.39, 0.29) is 11.8 Å². The first-order chi connectivity index (χ1) is 13.2. The Kier molecular flexibility index (Phi) is 5.30. The maximum Gasteiger partial charge on any atom is 0.226 e. The van der Waals surface area contributed by atoms with Gasteiger partial charge in [0.1, 0.15) is 18.1 Å². The number of carbonyl (C=O) groups excluding carboxylic acids is 1. The Morgan fingerprint density at radius 1 is 1.22 bits per heavy atom. The Balaban J connectivity index is 1.26. The Bertz CT molecular complexity index is 821. The van der Waals surface area contributed by atoms with Crippen LogP contribution in [0.1, 0.15) is 16.7 Å². The molecule has 0 radical (unpaired) electrons. The predicted molar refractivity (Wildman–Crippen MR) is 104 cm³/mol. The van der Waals surface area contributed by atoms with E-state index in [0.717, 1.165) is 43.1 Å². The van der Waals surface area contributed by atoms with E-state index in [2.05, 4.69) is 34.5 Å². The van der Waals surface area contributed by atoms with Crippen LogP contribution < -0.4 is 14.8 Å². The minimum absolute atomic E-state index is 0.0703. The molecule has 1 amide bonds. The van der Waals surface area contributed by atoms with E-state index in [0.29, 0.717) is 19.6 Å². The van der Waals surface area contributed by atoms with Crippen LogP contribution in [-0.2, 0) is 24.2 Å². The van der Waals surface area contributed by atoms with E-state index in [1.807, 2.05) is 18.2 Å². The molecule has 142 valence electrons. The standard InChI is InChI=1S/C22H26N2O3/c1-26-20-6-7-21-18(13-20)12-19(15-27-21)22(25)23-9-11-24-10-8-16-4-2-3-5-17(16)14-24/h2-7,13,19H,8-12,14-15H2,1H3,(H,23,25)/t19-/m0/s1. The van der Waals surface area contributed by atoms with Crippen LogP contribution >= 0.6 is 0 Å². The summed E-state index contributed by atoms with van der Waals surface area (Å²) in [4.78, 5) is 15.0. The van der Waals surface area contributed by atoms with Crippen molar-refractivity contribution in [1.29, 1.82) is 0 Å². The third-order valence-corrected chi connectivity index (χ3v) is 5.48. The number of carbonyl (C=O) groups is 1. The molecule has 1 atom stereocenters.